The Balaban J connectivity index is 2.16. The number of β-lactam (4-membered cyclic amide) rings is 1. The van der Waals surface area contributed by atoms with Gasteiger partial charge < -0.3 is 4.74 Å². The number of methoxy groups -OCH3 is 1. The van der Waals surface area contributed by atoms with E-state index in [0.29, 0.717) is 14.9 Å². The number of ether oxygens (including phenoxy) is 1. The van der Waals surface area contributed by atoms with Crippen LogP contribution in [-0.2, 0) is 24.2 Å². The number of hydrogen-bond donors (Lipinski definition) is 0. The van der Waals surface area contributed by atoms with E-state index in [1.54, 1.807) is 34.6 Å². The molecule has 3 atom stereocenters. The van der Waals surface area contributed by atoms with Gasteiger partial charge in [-0.3, -0.25) is 14.5 Å². The fourth-order valence-corrected chi connectivity index (χ4v) is 8.19. The number of carbonyl (C=O) groups is 2. The Kier molecular flexibility index (Phi) is 5.03. The molecule has 3 heterocycles. The van der Waals surface area contributed by atoms with Gasteiger partial charge in [0.25, 0.3) is 5.91 Å². The number of fused-ring (bicyclic) bond motifs is 1. The highest BCUT2D eigenvalue weighted by Crippen LogP contribution is 2.47. The lowest BCUT2D eigenvalue weighted by Crippen LogP contribution is -2.71. The van der Waals surface area contributed by atoms with Gasteiger partial charge in [0, 0.05) is 12.5 Å². The minimum Gasteiger partial charge on any atom is -0.368 e. The van der Waals surface area contributed by atoms with E-state index in [4.69, 9.17) is 4.74 Å². The van der Waals surface area contributed by atoms with Crippen molar-refractivity contribution in [2.45, 2.75) is 55.0 Å². The van der Waals surface area contributed by atoms with Crippen molar-refractivity contribution in [3.05, 3.63) is 16.3 Å². The highest BCUT2D eigenvalue weighted by molar-refractivity contribution is 8.14. The van der Waals surface area contributed by atoms with E-state index >= 15 is 0 Å². The van der Waals surface area contributed by atoms with Gasteiger partial charge in [0.2, 0.25) is 0 Å². The summed E-state index contributed by atoms with van der Waals surface area (Å²) in [5.41, 5.74) is -0.277. The fourth-order valence-electron chi connectivity index (χ4n) is 3.10. The Labute approximate surface area is 166 Å². The lowest BCUT2D eigenvalue weighted by atomic mass is 9.86. The van der Waals surface area contributed by atoms with Gasteiger partial charge in [-0.2, -0.15) is 0 Å². The standard InChI is InChI=1S/C16H21N3O5S3/c1-7-9(11(20)16(3,4)5)19-12(21)10(24-6)13(19)27(22,23)14(7)26-15-18-17-8(2)25-15/h10,13-14H,1-6H3/t10-,13+,14?/m0/s1. The summed E-state index contributed by atoms with van der Waals surface area (Å²) in [6.07, 6.45) is -1.11. The second-order valence-corrected chi connectivity index (χ2v) is 12.5. The average Bonchev–Trinajstić information content (AvgIpc) is 2.96. The number of hydrogen-bond acceptors (Lipinski definition) is 9. The number of rotatable bonds is 4. The topological polar surface area (TPSA) is 107 Å². The number of sulfone groups is 1. The molecule has 0 radical (unpaired) electrons. The minimum absolute atomic E-state index is 0.152. The van der Waals surface area contributed by atoms with Crippen LogP contribution < -0.4 is 0 Å². The number of Topliss-reactive ketones (excluding diaryl/α,β-unsaturated/α-hetero) is 1. The molecule has 8 nitrogen and oxygen atoms in total. The first-order chi connectivity index (χ1) is 12.4. The van der Waals surface area contributed by atoms with Gasteiger partial charge in [-0.05, 0) is 19.4 Å². The van der Waals surface area contributed by atoms with Gasteiger partial charge >= 0.3 is 0 Å². The zero-order valence-corrected chi connectivity index (χ0v) is 18.3. The summed E-state index contributed by atoms with van der Waals surface area (Å²) in [6.45, 7) is 8.58. The SMILES string of the molecule is CO[C@H]1C(=O)N2C(C(=O)C(C)(C)C)=C(C)C(Sc3nnc(C)s3)S(=O)(=O)[C@H]12. The monoisotopic (exact) mass is 431 g/mol. The molecule has 148 valence electrons. The van der Waals surface area contributed by atoms with Gasteiger partial charge in [-0.25, -0.2) is 8.42 Å². The lowest BCUT2D eigenvalue weighted by molar-refractivity contribution is -0.161. The molecule has 1 fully saturated rings. The first-order valence-electron chi connectivity index (χ1n) is 8.22. The van der Waals surface area contributed by atoms with Crippen molar-refractivity contribution in [2.75, 3.05) is 7.11 Å². The summed E-state index contributed by atoms with van der Waals surface area (Å²) in [6, 6.07) is 0. The first-order valence-corrected chi connectivity index (χ1v) is 11.5. The quantitative estimate of drug-likeness (QED) is 0.664. The molecule has 0 bridgehead atoms. The molecule has 1 saturated heterocycles. The largest absolute Gasteiger partial charge is 0.368 e. The predicted molar refractivity (Wildman–Crippen MR) is 102 cm³/mol. The average molecular weight is 432 g/mol. The maximum absolute atomic E-state index is 13.2. The Morgan fingerprint density at radius 1 is 1.26 bits per heavy atom. The van der Waals surface area contributed by atoms with Crippen molar-refractivity contribution >= 4 is 44.6 Å². The van der Waals surface area contributed by atoms with Crippen LogP contribution >= 0.6 is 23.1 Å². The molecule has 0 spiro atoms. The zero-order valence-electron chi connectivity index (χ0n) is 15.8. The van der Waals surface area contributed by atoms with Crippen LogP contribution in [0.25, 0.3) is 0 Å². The zero-order chi connectivity index (χ0) is 20.3. The number of aromatic nitrogens is 2. The number of nitrogens with zero attached hydrogens (tertiary/aromatic N) is 3. The molecule has 0 N–H and O–H groups in total. The van der Waals surface area contributed by atoms with E-state index in [9.17, 15) is 18.0 Å². The van der Waals surface area contributed by atoms with E-state index in [0.717, 1.165) is 16.7 Å². The molecular formula is C16H21N3O5S3. The Bertz CT molecular complexity index is 945. The van der Waals surface area contributed by atoms with Crippen molar-refractivity contribution in [3.63, 3.8) is 0 Å². The molecule has 3 rings (SSSR count). The number of amides is 1. The number of ketones is 1. The molecule has 27 heavy (non-hydrogen) atoms. The summed E-state index contributed by atoms with van der Waals surface area (Å²) >= 11 is 2.32. The Hall–Kier alpha value is -1.30. The number of carbonyl (C=O) groups excluding carboxylic acids is 2. The van der Waals surface area contributed by atoms with Gasteiger partial charge in [-0.15, -0.1) is 10.2 Å². The van der Waals surface area contributed by atoms with E-state index in [-0.39, 0.29) is 11.5 Å². The van der Waals surface area contributed by atoms with Crippen LogP contribution in [0, 0.1) is 12.3 Å². The highest BCUT2D eigenvalue weighted by Gasteiger charge is 2.63. The van der Waals surface area contributed by atoms with Crippen LogP contribution in [0.1, 0.15) is 32.7 Å². The Morgan fingerprint density at radius 3 is 2.37 bits per heavy atom. The third-order valence-electron chi connectivity index (χ3n) is 4.46. The van der Waals surface area contributed by atoms with Crippen LogP contribution in [0.2, 0.25) is 0 Å². The van der Waals surface area contributed by atoms with Gasteiger partial charge in [0.15, 0.2) is 31.4 Å². The minimum atomic E-state index is -3.84. The van der Waals surface area contributed by atoms with Crippen molar-refractivity contribution in [1.29, 1.82) is 0 Å². The number of aryl methyl sites for hydroxylation is 1. The summed E-state index contributed by atoms with van der Waals surface area (Å²) in [7, 11) is -2.54. The number of allylic oxidation sites excluding steroid dienone is 1. The third kappa shape index (κ3) is 3.14. The third-order valence-corrected chi connectivity index (χ3v) is 9.66. The summed E-state index contributed by atoms with van der Waals surface area (Å²) < 4.78 is 31.1. The van der Waals surface area contributed by atoms with Gasteiger partial charge in [0.1, 0.15) is 9.59 Å². The van der Waals surface area contributed by atoms with Crippen LogP contribution in [-0.4, -0.2) is 58.4 Å². The normalized spacial score (nSPS) is 27.4. The molecule has 1 amide bonds. The predicted octanol–water partition coefficient (Wildman–Crippen LogP) is 1.77. The van der Waals surface area contributed by atoms with E-state index in [1.807, 2.05) is 0 Å². The van der Waals surface area contributed by atoms with Crippen molar-refractivity contribution < 1.29 is 22.7 Å². The first kappa shape index (κ1) is 20.4. The molecule has 0 aliphatic carbocycles. The van der Waals surface area contributed by atoms with Crippen molar-refractivity contribution in [3.8, 4) is 0 Å². The van der Waals surface area contributed by atoms with E-state index < -0.39 is 37.2 Å². The molecule has 1 aromatic heterocycles. The fraction of sp³-hybridized carbons (Fsp3) is 0.625. The summed E-state index contributed by atoms with van der Waals surface area (Å²) in [4.78, 5) is 26.6. The second kappa shape index (κ2) is 6.64. The summed E-state index contributed by atoms with van der Waals surface area (Å²) in [5.74, 6) is -0.782. The molecule has 1 unspecified atom stereocenters. The van der Waals surface area contributed by atoms with Crippen LogP contribution in [0.3, 0.4) is 0 Å². The maximum Gasteiger partial charge on any atom is 0.260 e. The molecule has 11 heteroatoms. The highest BCUT2D eigenvalue weighted by atomic mass is 32.3. The van der Waals surface area contributed by atoms with Gasteiger partial charge in [0.05, 0.1) is 5.70 Å². The molecular weight excluding hydrogens is 410 g/mol. The summed E-state index contributed by atoms with van der Waals surface area (Å²) in [5, 5.41) is 7.43. The van der Waals surface area contributed by atoms with Crippen LogP contribution in [0.4, 0.5) is 0 Å². The lowest BCUT2D eigenvalue weighted by Gasteiger charge is -2.51. The molecule has 1 aromatic rings. The van der Waals surface area contributed by atoms with E-state index in [1.165, 1.54) is 18.4 Å². The van der Waals surface area contributed by atoms with Gasteiger partial charge in [-0.1, -0.05) is 43.9 Å². The van der Waals surface area contributed by atoms with E-state index in [2.05, 4.69) is 10.2 Å². The van der Waals surface area contributed by atoms with Crippen LogP contribution in [0.5, 0.6) is 0 Å². The van der Waals surface area contributed by atoms with Crippen molar-refractivity contribution in [1.82, 2.24) is 15.1 Å². The van der Waals surface area contributed by atoms with Crippen LogP contribution in [0.15, 0.2) is 15.6 Å². The molecule has 0 aromatic carbocycles. The number of thioether (sulfide) groups is 1. The molecule has 2 aliphatic rings. The second-order valence-electron chi connectivity index (χ2n) is 7.49. The molecule has 2 aliphatic heterocycles. The maximum atomic E-state index is 13.2. The smallest absolute Gasteiger partial charge is 0.260 e. The molecule has 0 saturated carbocycles. The van der Waals surface area contributed by atoms with Crippen molar-refractivity contribution in [2.24, 2.45) is 5.41 Å². The Morgan fingerprint density at radius 2 is 1.89 bits per heavy atom.